The lowest BCUT2D eigenvalue weighted by atomic mass is 10.1. The highest BCUT2D eigenvalue weighted by Gasteiger charge is 2.20. The number of carbonyl (C=O) groups is 1. The second-order valence-electron chi connectivity index (χ2n) is 8.03. The summed E-state index contributed by atoms with van der Waals surface area (Å²) in [5.41, 5.74) is 0.801. The van der Waals surface area contributed by atoms with Gasteiger partial charge in [0.05, 0.1) is 29.4 Å². The molecule has 0 aromatic heterocycles. The molecule has 0 bridgehead atoms. The van der Waals surface area contributed by atoms with Crippen LogP contribution in [-0.2, 0) is 14.8 Å². The number of thioether (sulfide) groups is 1. The molecule has 1 amide bonds. The number of nitrogens with zero attached hydrogens (tertiary/aromatic N) is 1. The van der Waals surface area contributed by atoms with Crippen LogP contribution in [0.1, 0.15) is 10.4 Å². The first kappa shape index (κ1) is 26.8. The summed E-state index contributed by atoms with van der Waals surface area (Å²) in [6, 6.07) is 17.7. The Balaban J connectivity index is 1.40. The zero-order chi connectivity index (χ0) is 25.5. The monoisotopic (exact) mass is 565 g/mol. The van der Waals surface area contributed by atoms with Crippen LogP contribution in [0.4, 0.5) is 11.4 Å². The molecule has 0 saturated carbocycles. The lowest BCUT2D eigenvalue weighted by Gasteiger charge is -2.26. The molecule has 2 N–H and O–H groups in total. The third-order valence-electron chi connectivity index (χ3n) is 5.49. The molecular weight excluding hydrogens is 541 g/mol. The molecule has 3 aromatic rings. The van der Waals surface area contributed by atoms with Crippen LogP contribution in [0.2, 0.25) is 10.0 Å². The highest BCUT2D eigenvalue weighted by molar-refractivity contribution is 7.99. The smallest absolute Gasteiger partial charge is 0.261 e. The topological polar surface area (TPSA) is 87.7 Å². The number of sulfonamides is 1. The molecule has 7 nitrogen and oxygen atoms in total. The lowest BCUT2D eigenvalue weighted by molar-refractivity contribution is 0.0410. The first-order valence-corrected chi connectivity index (χ1v) is 14.4. The minimum Gasteiger partial charge on any atom is -0.379 e. The van der Waals surface area contributed by atoms with E-state index < -0.39 is 15.9 Å². The zero-order valence-corrected chi connectivity index (χ0v) is 22.4. The van der Waals surface area contributed by atoms with E-state index in [1.54, 1.807) is 11.8 Å². The minimum atomic E-state index is -3.94. The van der Waals surface area contributed by atoms with E-state index in [1.807, 2.05) is 24.3 Å². The van der Waals surface area contributed by atoms with Gasteiger partial charge in [0.2, 0.25) is 0 Å². The Morgan fingerprint density at radius 2 is 1.61 bits per heavy atom. The molecule has 1 aliphatic rings. The van der Waals surface area contributed by atoms with Gasteiger partial charge in [-0.3, -0.25) is 14.4 Å². The molecule has 0 radical (unpaired) electrons. The summed E-state index contributed by atoms with van der Waals surface area (Å²) in [4.78, 5) is 16.5. The summed E-state index contributed by atoms with van der Waals surface area (Å²) in [6.45, 7) is 4.50. The maximum absolute atomic E-state index is 13.0. The number of ether oxygens (including phenoxy) is 1. The van der Waals surface area contributed by atoms with Crippen molar-refractivity contribution < 1.29 is 17.9 Å². The molecule has 0 aliphatic carbocycles. The number of benzene rings is 3. The van der Waals surface area contributed by atoms with E-state index in [1.165, 1.54) is 42.5 Å². The number of anilines is 2. The molecule has 36 heavy (non-hydrogen) atoms. The van der Waals surface area contributed by atoms with E-state index in [0.29, 0.717) is 15.7 Å². The van der Waals surface area contributed by atoms with Gasteiger partial charge < -0.3 is 10.1 Å². The zero-order valence-electron chi connectivity index (χ0n) is 19.2. The lowest BCUT2D eigenvalue weighted by Crippen LogP contribution is -2.37. The van der Waals surface area contributed by atoms with Crippen LogP contribution in [-0.4, -0.2) is 57.8 Å². The van der Waals surface area contributed by atoms with Gasteiger partial charge in [-0.05, 0) is 66.7 Å². The van der Waals surface area contributed by atoms with Crippen LogP contribution in [0.15, 0.2) is 76.5 Å². The molecule has 0 unspecified atom stereocenters. The Bertz CT molecular complexity index is 1300. The Labute approximate surface area is 225 Å². The Kier molecular flexibility index (Phi) is 9.16. The van der Waals surface area contributed by atoms with Crippen molar-refractivity contribution in [1.29, 1.82) is 0 Å². The Hall–Kier alpha value is -2.27. The predicted molar refractivity (Wildman–Crippen MR) is 146 cm³/mol. The van der Waals surface area contributed by atoms with E-state index in [4.69, 9.17) is 27.9 Å². The average Bonchev–Trinajstić information content (AvgIpc) is 2.87. The van der Waals surface area contributed by atoms with Crippen molar-refractivity contribution >= 4 is 62.3 Å². The van der Waals surface area contributed by atoms with Crippen molar-refractivity contribution in [3.63, 3.8) is 0 Å². The highest BCUT2D eigenvalue weighted by atomic mass is 35.5. The SMILES string of the molecule is O=C(Nc1ccc(SCCN2CCOCC2)cc1)c1cc(Cl)ccc1NS(=O)(=O)c1ccc(Cl)cc1. The standard InChI is InChI=1S/C25H25Cl2N3O4S2/c26-18-1-8-22(9-2-18)36(32,33)29-24-10-3-19(27)17-23(24)25(31)28-20-4-6-21(7-5-20)35-16-13-30-11-14-34-15-12-30/h1-10,17,29H,11-16H2,(H,28,31). The van der Waals surface area contributed by atoms with Gasteiger partial charge in [0.1, 0.15) is 0 Å². The van der Waals surface area contributed by atoms with Gasteiger partial charge in [-0.2, -0.15) is 0 Å². The quantitative estimate of drug-likeness (QED) is 0.334. The van der Waals surface area contributed by atoms with Gasteiger partial charge in [0, 0.05) is 46.0 Å². The summed E-state index contributed by atoms with van der Waals surface area (Å²) < 4.78 is 33.5. The third kappa shape index (κ3) is 7.38. The predicted octanol–water partition coefficient (Wildman–Crippen LogP) is 5.47. The van der Waals surface area contributed by atoms with Crippen molar-refractivity contribution in [3.05, 3.63) is 82.3 Å². The largest absolute Gasteiger partial charge is 0.379 e. The first-order chi connectivity index (χ1) is 17.3. The number of amides is 1. The maximum Gasteiger partial charge on any atom is 0.261 e. The summed E-state index contributed by atoms with van der Waals surface area (Å²) in [5, 5.41) is 3.54. The molecule has 1 heterocycles. The number of hydrogen-bond acceptors (Lipinski definition) is 6. The van der Waals surface area contributed by atoms with E-state index in [-0.39, 0.29) is 16.1 Å². The summed E-state index contributed by atoms with van der Waals surface area (Å²) in [7, 11) is -3.94. The van der Waals surface area contributed by atoms with Gasteiger partial charge in [0.25, 0.3) is 15.9 Å². The van der Waals surface area contributed by atoms with Crippen molar-refractivity contribution in [3.8, 4) is 0 Å². The Morgan fingerprint density at radius 1 is 0.944 bits per heavy atom. The van der Waals surface area contributed by atoms with Crippen LogP contribution < -0.4 is 10.0 Å². The molecule has 4 rings (SSSR count). The third-order valence-corrected chi connectivity index (χ3v) is 8.35. The van der Waals surface area contributed by atoms with Gasteiger partial charge in [0.15, 0.2) is 0 Å². The highest BCUT2D eigenvalue weighted by Crippen LogP contribution is 2.26. The van der Waals surface area contributed by atoms with Crippen LogP contribution in [0.3, 0.4) is 0 Å². The number of carbonyl (C=O) groups excluding carboxylic acids is 1. The van der Waals surface area contributed by atoms with E-state index in [0.717, 1.165) is 43.5 Å². The fraction of sp³-hybridized carbons (Fsp3) is 0.240. The number of halogens is 2. The van der Waals surface area contributed by atoms with Crippen LogP contribution in [0.5, 0.6) is 0 Å². The normalized spacial score (nSPS) is 14.4. The van der Waals surface area contributed by atoms with Crippen molar-refractivity contribution in [2.24, 2.45) is 0 Å². The Morgan fingerprint density at radius 3 is 2.31 bits per heavy atom. The molecule has 1 aliphatic heterocycles. The number of hydrogen-bond donors (Lipinski definition) is 2. The molecule has 11 heteroatoms. The molecule has 0 spiro atoms. The summed E-state index contributed by atoms with van der Waals surface area (Å²) >= 11 is 13.7. The van der Waals surface area contributed by atoms with Crippen LogP contribution in [0.25, 0.3) is 0 Å². The van der Waals surface area contributed by atoms with E-state index in [9.17, 15) is 13.2 Å². The van der Waals surface area contributed by atoms with Crippen LogP contribution >= 0.6 is 35.0 Å². The van der Waals surface area contributed by atoms with E-state index in [2.05, 4.69) is 14.9 Å². The number of nitrogens with one attached hydrogen (secondary N) is 2. The van der Waals surface area contributed by atoms with E-state index >= 15 is 0 Å². The van der Waals surface area contributed by atoms with Gasteiger partial charge in [-0.15, -0.1) is 11.8 Å². The molecular formula is C25H25Cl2N3O4S2. The molecule has 3 aromatic carbocycles. The van der Waals surface area contributed by atoms with Gasteiger partial charge in [-0.25, -0.2) is 8.42 Å². The fourth-order valence-electron chi connectivity index (χ4n) is 3.56. The average molecular weight is 567 g/mol. The second-order valence-corrected chi connectivity index (χ2v) is 11.8. The summed E-state index contributed by atoms with van der Waals surface area (Å²) in [5.74, 6) is 0.477. The van der Waals surface area contributed by atoms with Crippen molar-refractivity contribution in [2.45, 2.75) is 9.79 Å². The number of rotatable bonds is 9. The van der Waals surface area contributed by atoms with Crippen molar-refractivity contribution in [2.75, 3.05) is 48.6 Å². The maximum atomic E-state index is 13.0. The second kappa shape index (κ2) is 12.3. The molecule has 1 saturated heterocycles. The number of morpholine rings is 1. The minimum absolute atomic E-state index is 0.0231. The van der Waals surface area contributed by atoms with Gasteiger partial charge >= 0.3 is 0 Å². The van der Waals surface area contributed by atoms with Crippen LogP contribution in [0, 0.1) is 0 Å². The van der Waals surface area contributed by atoms with Gasteiger partial charge in [-0.1, -0.05) is 23.2 Å². The molecule has 1 fully saturated rings. The molecule has 0 atom stereocenters. The summed E-state index contributed by atoms with van der Waals surface area (Å²) in [6.07, 6.45) is 0. The fourth-order valence-corrected chi connectivity index (χ4v) is 5.85. The first-order valence-electron chi connectivity index (χ1n) is 11.2. The van der Waals surface area contributed by atoms with Crippen molar-refractivity contribution in [1.82, 2.24) is 4.90 Å². The molecule has 190 valence electrons.